The number of alkyl halides is 3. The molecule has 61 heavy (non-hydrogen) atoms. The third kappa shape index (κ3) is 5.40. The maximum Gasteiger partial charge on any atom is 0.416 e. The highest BCUT2D eigenvalue weighted by Gasteiger charge is 2.50. The lowest BCUT2D eigenvalue weighted by atomic mass is 9.66. The first-order chi connectivity index (χ1) is 29.7. The molecule has 8 aromatic rings. The van der Waals surface area contributed by atoms with E-state index in [2.05, 4.69) is 89.5 Å². The number of halogens is 3. The maximum absolute atomic E-state index is 14.5. The lowest BCUT2D eigenvalue weighted by Gasteiger charge is -2.41. The van der Waals surface area contributed by atoms with Crippen molar-refractivity contribution in [2.45, 2.75) is 49.3 Å². The molecule has 304 valence electrons. The molecular weight excluding hydrogens is 772 g/mol. The Morgan fingerprint density at radius 1 is 0.623 bits per heavy atom. The number of nitrogens with zero attached hydrogens (tertiary/aromatic N) is 1. The predicted molar refractivity (Wildman–Crippen MR) is 236 cm³/mol. The second-order valence-electron chi connectivity index (χ2n) is 16.5. The van der Waals surface area contributed by atoms with Crippen LogP contribution < -0.4 is 18.9 Å². The summed E-state index contributed by atoms with van der Waals surface area (Å²) in [7, 11) is 4.86. The minimum absolute atomic E-state index is 0.527. The van der Waals surface area contributed by atoms with Gasteiger partial charge >= 0.3 is 6.18 Å². The van der Waals surface area contributed by atoms with Crippen LogP contribution in [0.25, 0.3) is 55.5 Å². The van der Waals surface area contributed by atoms with Gasteiger partial charge in [0.25, 0.3) is 0 Å². The number of fused-ring (bicyclic) bond motifs is 13. The van der Waals surface area contributed by atoms with Gasteiger partial charge in [0.05, 0.1) is 37.9 Å². The van der Waals surface area contributed by atoms with Gasteiger partial charge in [-0.05, 0) is 107 Å². The smallest absolute Gasteiger partial charge is 0.416 e. The third-order valence-electron chi connectivity index (χ3n) is 13.5. The van der Waals surface area contributed by atoms with Crippen molar-refractivity contribution in [2.24, 2.45) is 0 Å². The number of hydrogen-bond donors (Lipinski definition) is 0. The number of ether oxygens (including phenoxy) is 4. The summed E-state index contributed by atoms with van der Waals surface area (Å²) in [6.45, 7) is 0. The Hall–Kier alpha value is -6.67. The van der Waals surface area contributed by atoms with Crippen molar-refractivity contribution in [3.63, 3.8) is 0 Å². The topological polar surface area (TPSA) is 41.9 Å². The molecule has 0 radical (unpaired) electrons. The summed E-state index contributed by atoms with van der Waals surface area (Å²) >= 11 is 0. The van der Waals surface area contributed by atoms with Crippen LogP contribution in [0.3, 0.4) is 0 Å². The summed E-state index contributed by atoms with van der Waals surface area (Å²) in [5.74, 6) is 2.42. The summed E-state index contributed by atoms with van der Waals surface area (Å²) in [5.41, 5.74) is 7.08. The van der Waals surface area contributed by atoms with Gasteiger partial charge in [-0.3, -0.25) is 0 Å². The number of hydrogen-bond acceptors (Lipinski definition) is 4. The summed E-state index contributed by atoms with van der Waals surface area (Å²) in [6.07, 6.45) is 4.13. The Labute approximate surface area is 351 Å². The first kappa shape index (κ1) is 37.3. The van der Waals surface area contributed by atoms with Crippen molar-refractivity contribution < 1.29 is 32.1 Å². The van der Waals surface area contributed by atoms with E-state index < -0.39 is 22.8 Å². The zero-order valence-electron chi connectivity index (χ0n) is 34.0. The van der Waals surface area contributed by atoms with Crippen LogP contribution >= 0.6 is 0 Å². The van der Waals surface area contributed by atoms with Crippen molar-refractivity contribution in [2.75, 3.05) is 21.3 Å². The highest BCUT2D eigenvalue weighted by atomic mass is 19.4. The van der Waals surface area contributed by atoms with Gasteiger partial charge in [-0.2, -0.15) is 13.2 Å². The Balaban J connectivity index is 1.17. The standard InChI is InChI=1S/C53H42F3NO4/c1-58-36-22-17-33(18-23-36)52(32-15-20-35(21-16-32)57-44-13-7-5-11-37(44)38-12-6-8-14-45(38)57)28-25-40-49-48(41-30-46(59-2)47(60-3)31-42(41)50(40)61-52)39-24-19-34(53(54,55)56)29-43(39)51(49)26-9-4-10-27-51/h5-8,11-25,28-31H,4,9-10,26-27H2,1-3H3. The molecule has 5 nitrogen and oxygen atoms in total. The van der Waals surface area contributed by atoms with Crippen molar-refractivity contribution in [1.82, 2.24) is 4.57 Å². The van der Waals surface area contributed by atoms with Crippen LogP contribution in [0.1, 0.15) is 65.5 Å². The lowest BCUT2D eigenvalue weighted by molar-refractivity contribution is -0.137. The van der Waals surface area contributed by atoms with Crippen molar-refractivity contribution >= 4 is 38.7 Å². The van der Waals surface area contributed by atoms with E-state index in [0.29, 0.717) is 17.2 Å². The molecule has 2 heterocycles. The van der Waals surface area contributed by atoms with Gasteiger partial charge in [-0.25, -0.2) is 0 Å². The molecule has 0 amide bonds. The van der Waals surface area contributed by atoms with Crippen LogP contribution in [-0.4, -0.2) is 25.9 Å². The van der Waals surface area contributed by atoms with E-state index in [-0.39, 0.29) is 0 Å². The van der Waals surface area contributed by atoms with Gasteiger partial charge in [-0.15, -0.1) is 0 Å². The van der Waals surface area contributed by atoms with E-state index >= 15 is 0 Å². The second-order valence-corrected chi connectivity index (χ2v) is 16.5. The number of benzene rings is 7. The molecule has 2 aliphatic carbocycles. The SMILES string of the molecule is COc1ccc(C2(c3ccc(-n4c5ccccc5c5ccccc54)cc3)C=Cc3c4c(c5cc(OC)c(OC)cc5c3O2)-c2ccc(C(F)(F)F)cc2C42CCCCC2)cc1. The first-order valence-corrected chi connectivity index (χ1v) is 20.8. The third-order valence-corrected chi connectivity index (χ3v) is 13.5. The van der Waals surface area contributed by atoms with E-state index in [4.69, 9.17) is 18.9 Å². The Morgan fingerprint density at radius 2 is 1.23 bits per heavy atom. The zero-order valence-corrected chi connectivity index (χ0v) is 34.0. The first-order valence-electron chi connectivity index (χ1n) is 20.8. The zero-order chi connectivity index (χ0) is 41.7. The average Bonchev–Trinajstić information content (AvgIpc) is 3.78. The summed E-state index contributed by atoms with van der Waals surface area (Å²) < 4.78 is 70.8. The van der Waals surface area contributed by atoms with Crippen LogP contribution in [0.15, 0.2) is 133 Å². The molecule has 1 unspecified atom stereocenters. The molecule has 1 spiro atoms. The van der Waals surface area contributed by atoms with Gasteiger partial charge in [0.15, 0.2) is 17.1 Å². The highest BCUT2D eigenvalue weighted by molar-refractivity contribution is 6.10. The van der Waals surface area contributed by atoms with E-state index in [1.165, 1.54) is 22.9 Å². The van der Waals surface area contributed by atoms with Gasteiger partial charge in [-0.1, -0.05) is 92.1 Å². The molecule has 0 N–H and O–H groups in total. The van der Waals surface area contributed by atoms with Crippen LogP contribution in [0.4, 0.5) is 13.2 Å². The molecule has 1 aromatic heterocycles. The number of aromatic nitrogens is 1. The van der Waals surface area contributed by atoms with Gasteiger partial charge < -0.3 is 23.5 Å². The molecule has 1 fully saturated rings. The quantitative estimate of drug-likeness (QED) is 0.168. The fourth-order valence-electron chi connectivity index (χ4n) is 10.8. The van der Waals surface area contributed by atoms with E-state index in [1.54, 1.807) is 27.4 Å². The second kappa shape index (κ2) is 13.7. The number of para-hydroxylation sites is 2. The molecule has 1 saturated carbocycles. The molecule has 11 rings (SSSR count). The van der Waals surface area contributed by atoms with Crippen LogP contribution in [0.5, 0.6) is 23.0 Å². The summed E-state index contributed by atoms with van der Waals surface area (Å²) in [6, 6.07) is 41.7. The summed E-state index contributed by atoms with van der Waals surface area (Å²) in [5, 5.41) is 4.00. The fourth-order valence-corrected chi connectivity index (χ4v) is 10.8. The van der Waals surface area contributed by atoms with Crippen LogP contribution in [-0.2, 0) is 17.2 Å². The van der Waals surface area contributed by atoms with E-state index in [1.807, 2.05) is 36.4 Å². The average molecular weight is 814 g/mol. The van der Waals surface area contributed by atoms with Crippen molar-refractivity contribution in [1.29, 1.82) is 0 Å². The van der Waals surface area contributed by atoms with Gasteiger partial charge in [0, 0.05) is 44.0 Å². The lowest BCUT2D eigenvalue weighted by Crippen LogP contribution is -2.35. The van der Waals surface area contributed by atoms with Crippen LogP contribution in [0.2, 0.25) is 0 Å². The normalized spacial score (nSPS) is 17.6. The van der Waals surface area contributed by atoms with Gasteiger partial charge in [0.2, 0.25) is 0 Å². The molecule has 3 aliphatic rings. The number of rotatable bonds is 6. The minimum atomic E-state index is -4.48. The van der Waals surface area contributed by atoms with Crippen molar-refractivity contribution in [3.05, 3.63) is 167 Å². The number of methoxy groups -OCH3 is 3. The molecule has 0 bridgehead atoms. The largest absolute Gasteiger partial charge is 0.497 e. The van der Waals surface area contributed by atoms with Crippen molar-refractivity contribution in [3.8, 4) is 39.8 Å². The molecule has 1 atom stereocenters. The molecular formula is C53H42F3NO4. The predicted octanol–water partition coefficient (Wildman–Crippen LogP) is 13.6. The minimum Gasteiger partial charge on any atom is -0.497 e. The Bertz CT molecular complexity index is 3030. The van der Waals surface area contributed by atoms with E-state index in [0.717, 1.165) is 104 Å². The van der Waals surface area contributed by atoms with Crippen LogP contribution in [0, 0.1) is 0 Å². The highest BCUT2D eigenvalue weighted by Crippen LogP contribution is 2.63. The Morgan fingerprint density at radius 3 is 1.84 bits per heavy atom. The Kier molecular flexibility index (Phi) is 8.37. The maximum atomic E-state index is 14.5. The van der Waals surface area contributed by atoms with Gasteiger partial charge in [0.1, 0.15) is 11.5 Å². The molecule has 1 aliphatic heterocycles. The molecule has 8 heteroatoms. The summed E-state index contributed by atoms with van der Waals surface area (Å²) in [4.78, 5) is 0. The fraction of sp³-hybridized carbons (Fsp3) is 0.208. The molecule has 0 saturated heterocycles. The van der Waals surface area contributed by atoms with E-state index in [9.17, 15) is 13.2 Å². The monoisotopic (exact) mass is 813 g/mol. The molecule has 7 aromatic carbocycles.